The van der Waals surface area contributed by atoms with E-state index >= 15 is 0 Å². The number of rotatable bonds is 16. The molecule has 13 heteroatoms. The second kappa shape index (κ2) is 17.7. The first kappa shape index (κ1) is 37.9. The van der Waals surface area contributed by atoms with Gasteiger partial charge in [-0.25, -0.2) is 8.42 Å². The van der Waals surface area contributed by atoms with Crippen molar-refractivity contribution in [1.82, 2.24) is 14.8 Å². The Kier molecular flexibility index (Phi) is 13.1. The Labute approximate surface area is 303 Å². The normalized spacial score (nSPS) is 13.5. The minimum Gasteiger partial charge on any atom is -0.497 e. The van der Waals surface area contributed by atoms with Gasteiger partial charge in [-0.1, -0.05) is 30.2 Å². The van der Waals surface area contributed by atoms with Gasteiger partial charge >= 0.3 is 5.97 Å². The minimum absolute atomic E-state index is 0.207. The fourth-order valence-corrected chi connectivity index (χ4v) is 7.31. The zero-order chi connectivity index (χ0) is 36.4. The number of piperidine rings is 1. The van der Waals surface area contributed by atoms with Gasteiger partial charge in [-0.15, -0.1) is 0 Å². The van der Waals surface area contributed by atoms with Gasteiger partial charge in [0, 0.05) is 34.8 Å². The summed E-state index contributed by atoms with van der Waals surface area (Å²) in [6, 6.07) is 19.7. The first-order valence-electron chi connectivity index (χ1n) is 17.1. The number of benzene rings is 3. The topological polar surface area (TPSA) is 133 Å². The number of carbonyl (C=O) groups is 3. The average Bonchev–Trinajstić information content (AvgIpc) is 3.37. The third-order valence-corrected chi connectivity index (χ3v) is 10.6. The third kappa shape index (κ3) is 10.6. The van der Waals surface area contributed by atoms with Crippen molar-refractivity contribution in [1.29, 1.82) is 0 Å². The minimum atomic E-state index is -3.84. The molecule has 2 heterocycles. The van der Waals surface area contributed by atoms with Crippen LogP contribution in [0.1, 0.15) is 52.9 Å². The SMILES string of the molecule is COc1ccc2c(c1)c(CC(=O)OCCS(=O)(=O)CC(=O)NCCCOc1cccc(CN3CCCCC3)c1)c(C)n2C(=O)c1ccc(Cl)cc1. The van der Waals surface area contributed by atoms with Crippen LogP contribution in [-0.4, -0.2) is 87.1 Å². The molecule has 1 aliphatic rings. The van der Waals surface area contributed by atoms with Gasteiger partial charge in [0.05, 0.1) is 31.4 Å². The lowest BCUT2D eigenvalue weighted by atomic mass is 10.1. The molecule has 0 atom stereocenters. The van der Waals surface area contributed by atoms with Crippen LogP contribution in [-0.2, 0) is 37.1 Å². The molecule has 5 rings (SSSR count). The molecule has 0 spiro atoms. The molecule has 51 heavy (non-hydrogen) atoms. The Bertz CT molecular complexity index is 1950. The summed E-state index contributed by atoms with van der Waals surface area (Å²) >= 11 is 6.00. The van der Waals surface area contributed by atoms with Gasteiger partial charge in [-0.3, -0.25) is 23.9 Å². The Morgan fingerprint density at radius 1 is 0.922 bits per heavy atom. The number of hydrogen-bond donors (Lipinski definition) is 1. The summed E-state index contributed by atoms with van der Waals surface area (Å²) in [5.74, 6) is -1.53. The maximum Gasteiger partial charge on any atom is 0.310 e. The first-order valence-corrected chi connectivity index (χ1v) is 19.3. The van der Waals surface area contributed by atoms with Crippen molar-refractivity contribution < 1.29 is 37.0 Å². The Morgan fingerprint density at radius 3 is 2.43 bits per heavy atom. The summed E-state index contributed by atoms with van der Waals surface area (Å²) < 4.78 is 43.3. The Hall–Kier alpha value is -4.39. The van der Waals surface area contributed by atoms with E-state index < -0.39 is 39.8 Å². The molecule has 0 bridgehead atoms. The van der Waals surface area contributed by atoms with E-state index in [-0.39, 0.29) is 18.9 Å². The smallest absolute Gasteiger partial charge is 0.310 e. The molecule has 3 aromatic carbocycles. The van der Waals surface area contributed by atoms with Crippen LogP contribution in [0, 0.1) is 6.92 Å². The number of esters is 1. The molecule has 11 nitrogen and oxygen atoms in total. The molecule has 0 saturated carbocycles. The second-order valence-electron chi connectivity index (χ2n) is 12.6. The van der Waals surface area contributed by atoms with Crippen molar-refractivity contribution in [3.8, 4) is 11.5 Å². The van der Waals surface area contributed by atoms with E-state index in [1.54, 1.807) is 49.4 Å². The second-order valence-corrected chi connectivity index (χ2v) is 15.2. The zero-order valence-corrected chi connectivity index (χ0v) is 30.6. The van der Waals surface area contributed by atoms with E-state index in [4.69, 9.17) is 25.8 Å². The molecule has 1 saturated heterocycles. The summed E-state index contributed by atoms with van der Waals surface area (Å²) in [6.07, 6.45) is 4.06. The number of methoxy groups -OCH3 is 1. The van der Waals surface area contributed by atoms with Crippen molar-refractivity contribution in [2.75, 3.05) is 51.5 Å². The Morgan fingerprint density at radius 2 is 1.69 bits per heavy atom. The number of nitrogens with zero attached hydrogens (tertiary/aromatic N) is 2. The van der Waals surface area contributed by atoms with Crippen LogP contribution in [0.2, 0.25) is 5.02 Å². The van der Waals surface area contributed by atoms with Gasteiger partial charge in [0.1, 0.15) is 23.9 Å². The van der Waals surface area contributed by atoms with Gasteiger partial charge in [0.2, 0.25) is 5.91 Å². The molecule has 1 amide bonds. The van der Waals surface area contributed by atoms with E-state index in [1.807, 2.05) is 18.2 Å². The number of fused-ring (bicyclic) bond motifs is 1. The predicted molar refractivity (Wildman–Crippen MR) is 196 cm³/mol. The third-order valence-electron chi connectivity index (χ3n) is 8.83. The molecule has 1 aromatic heterocycles. The molecule has 1 fully saturated rings. The van der Waals surface area contributed by atoms with E-state index in [0.717, 1.165) is 25.4 Å². The largest absolute Gasteiger partial charge is 0.497 e. The van der Waals surface area contributed by atoms with Crippen molar-refractivity contribution in [2.45, 2.75) is 45.6 Å². The summed E-state index contributed by atoms with van der Waals surface area (Å²) in [5, 5.41) is 3.75. The molecular weight excluding hydrogens is 694 g/mol. The number of likely N-dealkylation sites (tertiary alicyclic amines) is 1. The maximum atomic E-state index is 13.5. The highest BCUT2D eigenvalue weighted by atomic mass is 35.5. The highest BCUT2D eigenvalue weighted by Gasteiger charge is 2.23. The van der Waals surface area contributed by atoms with Crippen molar-refractivity contribution in [3.05, 3.63) is 94.1 Å². The van der Waals surface area contributed by atoms with Crippen LogP contribution in [0.4, 0.5) is 0 Å². The number of sulfone groups is 1. The molecule has 0 unspecified atom stereocenters. The highest BCUT2D eigenvalue weighted by Crippen LogP contribution is 2.31. The number of hydrogen-bond acceptors (Lipinski definition) is 9. The van der Waals surface area contributed by atoms with Gasteiger partial charge < -0.3 is 19.5 Å². The number of aromatic nitrogens is 1. The van der Waals surface area contributed by atoms with Crippen LogP contribution in [0.15, 0.2) is 66.7 Å². The number of ether oxygens (including phenoxy) is 3. The van der Waals surface area contributed by atoms with E-state index in [1.165, 1.54) is 36.5 Å². The first-order chi connectivity index (χ1) is 24.5. The fourth-order valence-electron chi connectivity index (χ4n) is 6.20. The van der Waals surface area contributed by atoms with Crippen LogP contribution in [0.3, 0.4) is 0 Å². The molecular formula is C38H44ClN3O8S. The molecule has 0 radical (unpaired) electrons. The molecule has 272 valence electrons. The maximum absolute atomic E-state index is 13.5. The van der Waals surface area contributed by atoms with Gasteiger partial charge in [-0.05, 0) is 105 Å². The highest BCUT2D eigenvalue weighted by molar-refractivity contribution is 7.92. The lowest BCUT2D eigenvalue weighted by Crippen LogP contribution is -2.33. The van der Waals surface area contributed by atoms with Crippen LogP contribution in [0.5, 0.6) is 11.5 Å². The summed E-state index contributed by atoms with van der Waals surface area (Å²) in [7, 11) is -2.33. The molecule has 1 N–H and O–H groups in total. The van der Waals surface area contributed by atoms with E-state index in [9.17, 15) is 22.8 Å². The van der Waals surface area contributed by atoms with Gasteiger partial charge in [0.15, 0.2) is 9.84 Å². The lowest BCUT2D eigenvalue weighted by Gasteiger charge is -2.26. The fraction of sp³-hybridized carbons (Fsp3) is 0.395. The zero-order valence-electron chi connectivity index (χ0n) is 29.0. The van der Waals surface area contributed by atoms with Crippen LogP contribution >= 0.6 is 11.6 Å². The summed E-state index contributed by atoms with van der Waals surface area (Å²) in [5.41, 5.74) is 3.27. The monoisotopic (exact) mass is 737 g/mol. The summed E-state index contributed by atoms with van der Waals surface area (Å²) in [6.45, 7) is 5.08. The number of halogens is 1. The average molecular weight is 738 g/mol. The summed E-state index contributed by atoms with van der Waals surface area (Å²) in [4.78, 5) is 41.2. The molecule has 0 aliphatic carbocycles. The standard InChI is InChI=1S/C38H44ClN3O8S/c1-27-33(34-23-31(48-2)14-15-35(34)42(27)38(45)29-10-12-30(39)13-11-29)24-37(44)50-20-21-51(46,47)26-36(43)40-16-7-19-49-32-9-6-8-28(22-32)25-41-17-4-3-5-18-41/h6,8-15,22-23H,3-5,7,16-21,24-26H2,1-2H3,(H,40,43). The lowest BCUT2D eigenvalue weighted by molar-refractivity contribution is -0.142. The number of nitrogens with one attached hydrogen (secondary N) is 1. The van der Waals surface area contributed by atoms with E-state index in [2.05, 4.69) is 16.3 Å². The predicted octanol–water partition coefficient (Wildman–Crippen LogP) is 5.37. The van der Waals surface area contributed by atoms with Crippen molar-refractivity contribution in [3.63, 3.8) is 0 Å². The van der Waals surface area contributed by atoms with Crippen LogP contribution in [0.25, 0.3) is 10.9 Å². The van der Waals surface area contributed by atoms with Crippen LogP contribution < -0.4 is 14.8 Å². The van der Waals surface area contributed by atoms with Gasteiger partial charge in [-0.2, -0.15) is 0 Å². The van der Waals surface area contributed by atoms with Gasteiger partial charge in [0.25, 0.3) is 5.91 Å². The Balaban J connectivity index is 1.07. The van der Waals surface area contributed by atoms with Crippen molar-refractivity contribution >= 4 is 50.1 Å². The van der Waals surface area contributed by atoms with Crippen molar-refractivity contribution in [2.24, 2.45) is 0 Å². The molecule has 4 aromatic rings. The quantitative estimate of drug-likeness (QED) is 0.119. The number of amides is 1. The molecule has 1 aliphatic heterocycles. The van der Waals surface area contributed by atoms with E-state index in [0.29, 0.717) is 51.5 Å². The number of carbonyl (C=O) groups excluding carboxylic acids is 3.